The van der Waals surface area contributed by atoms with E-state index in [-0.39, 0.29) is 0 Å². The van der Waals surface area contributed by atoms with E-state index in [9.17, 15) is 0 Å². The molecule has 0 heterocycles. The van der Waals surface area contributed by atoms with E-state index in [0.717, 1.165) is 5.75 Å². The molecule has 3 aromatic rings. The van der Waals surface area contributed by atoms with Gasteiger partial charge >= 0.3 is 0 Å². The summed E-state index contributed by atoms with van der Waals surface area (Å²) in [5.74, 6) is 1.55. The second kappa shape index (κ2) is 10.3. The summed E-state index contributed by atoms with van der Waals surface area (Å²) < 4.78 is 6.07. The molecular weight excluding hydrogens is 340 g/mol. The predicted molar refractivity (Wildman–Crippen MR) is 123 cm³/mol. The van der Waals surface area contributed by atoms with Crippen LogP contribution in [0.4, 0.5) is 0 Å². The van der Waals surface area contributed by atoms with E-state index in [4.69, 9.17) is 4.74 Å². The van der Waals surface area contributed by atoms with Crippen molar-refractivity contribution >= 4 is 10.8 Å². The van der Waals surface area contributed by atoms with Crippen LogP contribution in [0.15, 0.2) is 66.7 Å². The van der Waals surface area contributed by atoms with Gasteiger partial charge in [0.2, 0.25) is 0 Å². The lowest BCUT2D eigenvalue weighted by Crippen LogP contribution is -2.11. The Hall–Kier alpha value is -2.28. The van der Waals surface area contributed by atoms with Crippen LogP contribution >= 0.6 is 0 Å². The molecule has 1 heteroatoms. The first kappa shape index (κ1) is 22.0. The zero-order valence-corrected chi connectivity index (χ0v) is 18.5. The third-order valence-electron chi connectivity index (χ3n) is 4.98. The van der Waals surface area contributed by atoms with Gasteiger partial charge in [-0.3, -0.25) is 0 Å². The molecular formula is C27H36O. The van der Waals surface area contributed by atoms with Gasteiger partial charge in [-0.25, -0.2) is 0 Å². The lowest BCUT2D eigenvalue weighted by molar-refractivity contribution is 0.307. The minimum Gasteiger partial charge on any atom is -0.489 e. The number of hydrogen-bond donors (Lipinski definition) is 0. The molecule has 3 rings (SSSR count). The van der Waals surface area contributed by atoms with Gasteiger partial charge in [-0.05, 0) is 58.2 Å². The van der Waals surface area contributed by atoms with Crippen molar-refractivity contribution < 1.29 is 4.74 Å². The van der Waals surface area contributed by atoms with Crippen LogP contribution in [0.5, 0.6) is 5.75 Å². The average molecular weight is 377 g/mol. The molecule has 0 aromatic heterocycles. The van der Waals surface area contributed by atoms with Gasteiger partial charge in [0, 0.05) is 0 Å². The standard InChI is InChI=1S/C25H30O.C2H6/c1-5-19(17-25(2,3)4)20-13-15-23(16-14-20)26-18-22-11-8-10-21-9-6-7-12-24(21)22;1-2/h6-16,19H,5,17-18H2,1-4H3;1-2H3. The van der Waals surface area contributed by atoms with Gasteiger partial charge in [0.25, 0.3) is 0 Å². The molecule has 0 N–H and O–H groups in total. The first-order valence-corrected chi connectivity index (χ1v) is 10.7. The van der Waals surface area contributed by atoms with Gasteiger partial charge in [-0.15, -0.1) is 0 Å². The zero-order chi connectivity index (χ0) is 20.6. The molecule has 0 saturated carbocycles. The average Bonchev–Trinajstić information content (AvgIpc) is 2.72. The van der Waals surface area contributed by atoms with E-state index >= 15 is 0 Å². The summed E-state index contributed by atoms with van der Waals surface area (Å²) in [6.45, 7) is 13.8. The van der Waals surface area contributed by atoms with Gasteiger partial charge in [-0.1, -0.05) is 96.1 Å². The fraction of sp³-hybridized carbons (Fsp3) is 0.407. The molecule has 0 aliphatic heterocycles. The Labute approximate surface area is 171 Å². The van der Waals surface area contributed by atoms with E-state index in [1.165, 1.54) is 34.7 Å². The Balaban J connectivity index is 0.00000136. The quantitative estimate of drug-likeness (QED) is 0.420. The molecule has 0 aliphatic rings. The highest BCUT2D eigenvalue weighted by molar-refractivity contribution is 5.85. The van der Waals surface area contributed by atoms with E-state index in [0.29, 0.717) is 17.9 Å². The van der Waals surface area contributed by atoms with Gasteiger partial charge in [0.15, 0.2) is 0 Å². The van der Waals surface area contributed by atoms with Crippen LogP contribution < -0.4 is 4.74 Å². The first-order valence-electron chi connectivity index (χ1n) is 10.7. The highest BCUT2D eigenvalue weighted by Crippen LogP contribution is 2.34. The Morgan fingerprint density at radius 1 is 0.821 bits per heavy atom. The second-order valence-corrected chi connectivity index (χ2v) is 8.37. The van der Waals surface area contributed by atoms with Gasteiger partial charge in [-0.2, -0.15) is 0 Å². The Morgan fingerprint density at radius 3 is 2.11 bits per heavy atom. The van der Waals surface area contributed by atoms with Crippen LogP contribution in [0, 0.1) is 5.41 Å². The van der Waals surface area contributed by atoms with Crippen molar-refractivity contribution in [2.45, 2.75) is 66.9 Å². The summed E-state index contributed by atoms with van der Waals surface area (Å²) in [7, 11) is 0. The summed E-state index contributed by atoms with van der Waals surface area (Å²) in [4.78, 5) is 0. The lowest BCUT2D eigenvalue weighted by Gasteiger charge is -2.25. The number of benzene rings is 3. The molecule has 0 bridgehead atoms. The van der Waals surface area contributed by atoms with E-state index in [1.54, 1.807) is 0 Å². The zero-order valence-electron chi connectivity index (χ0n) is 18.5. The van der Waals surface area contributed by atoms with Crippen molar-refractivity contribution in [1.29, 1.82) is 0 Å². The monoisotopic (exact) mass is 376 g/mol. The number of rotatable bonds is 6. The van der Waals surface area contributed by atoms with E-state index in [2.05, 4.69) is 94.4 Å². The summed E-state index contributed by atoms with van der Waals surface area (Å²) in [5.41, 5.74) is 3.00. The molecule has 3 aromatic carbocycles. The Kier molecular flexibility index (Phi) is 8.11. The van der Waals surface area contributed by atoms with E-state index in [1.807, 2.05) is 13.8 Å². The van der Waals surface area contributed by atoms with Crippen LogP contribution in [0.2, 0.25) is 0 Å². The molecule has 1 unspecified atom stereocenters. The minimum absolute atomic E-state index is 0.351. The normalized spacial score (nSPS) is 12.2. The fourth-order valence-electron chi connectivity index (χ4n) is 3.65. The molecule has 150 valence electrons. The highest BCUT2D eigenvalue weighted by atomic mass is 16.5. The van der Waals surface area contributed by atoms with Crippen LogP contribution in [-0.2, 0) is 6.61 Å². The van der Waals surface area contributed by atoms with Crippen molar-refractivity contribution in [1.82, 2.24) is 0 Å². The third kappa shape index (κ3) is 6.12. The van der Waals surface area contributed by atoms with Gasteiger partial charge in [0.1, 0.15) is 12.4 Å². The molecule has 0 saturated heterocycles. The molecule has 1 atom stereocenters. The Morgan fingerprint density at radius 2 is 1.46 bits per heavy atom. The van der Waals surface area contributed by atoms with Crippen molar-refractivity contribution in [3.05, 3.63) is 77.9 Å². The molecule has 1 nitrogen and oxygen atoms in total. The Bertz CT molecular complexity index is 835. The second-order valence-electron chi connectivity index (χ2n) is 8.37. The number of ether oxygens (including phenoxy) is 1. The maximum Gasteiger partial charge on any atom is 0.119 e. The lowest BCUT2D eigenvalue weighted by atomic mass is 9.80. The predicted octanol–water partition coefficient (Wildman–Crippen LogP) is 8.37. The fourth-order valence-corrected chi connectivity index (χ4v) is 3.65. The van der Waals surface area contributed by atoms with Gasteiger partial charge < -0.3 is 4.74 Å². The highest BCUT2D eigenvalue weighted by Gasteiger charge is 2.18. The molecule has 0 amide bonds. The third-order valence-corrected chi connectivity index (χ3v) is 4.98. The van der Waals surface area contributed by atoms with Crippen LogP contribution in [0.3, 0.4) is 0 Å². The minimum atomic E-state index is 0.351. The first-order chi connectivity index (χ1) is 13.5. The largest absolute Gasteiger partial charge is 0.489 e. The molecule has 0 spiro atoms. The summed E-state index contributed by atoms with van der Waals surface area (Å²) >= 11 is 0. The number of fused-ring (bicyclic) bond motifs is 1. The van der Waals surface area contributed by atoms with Crippen LogP contribution in [-0.4, -0.2) is 0 Å². The maximum atomic E-state index is 6.07. The van der Waals surface area contributed by atoms with Crippen LogP contribution in [0.25, 0.3) is 10.8 Å². The van der Waals surface area contributed by atoms with E-state index < -0.39 is 0 Å². The summed E-state index contributed by atoms with van der Waals surface area (Å²) in [5, 5.41) is 2.53. The molecule has 28 heavy (non-hydrogen) atoms. The maximum absolute atomic E-state index is 6.07. The topological polar surface area (TPSA) is 9.23 Å². The molecule has 0 fully saturated rings. The smallest absolute Gasteiger partial charge is 0.119 e. The number of hydrogen-bond acceptors (Lipinski definition) is 1. The van der Waals surface area contributed by atoms with Crippen molar-refractivity contribution in [2.24, 2.45) is 5.41 Å². The molecule has 0 radical (unpaired) electrons. The van der Waals surface area contributed by atoms with Gasteiger partial charge in [0.05, 0.1) is 0 Å². The van der Waals surface area contributed by atoms with Crippen molar-refractivity contribution in [3.63, 3.8) is 0 Å². The summed E-state index contributed by atoms with van der Waals surface area (Å²) in [6.07, 6.45) is 2.38. The SMILES string of the molecule is CC.CCC(CC(C)(C)C)c1ccc(OCc2cccc3ccccc23)cc1. The molecule has 0 aliphatic carbocycles. The summed E-state index contributed by atoms with van der Waals surface area (Å²) in [6, 6.07) is 23.6. The van der Waals surface area contributed by atoms with Crippen molar-refractivity contribution in [3.8, 4) is 5.75 Å². The van der Waals surface area contributed by atoms with Crippen LogP contribution in [0.1, 0.15) is 71.4 Å². The van der Waals surface area contributed by atoms with Crippen molar-refractivity contribution in [2.75, 3.05) is 0 Å².